The lowest BCUT2D eigenvalue weighted by Gasteiger charge is -2.12. The van der Waals surface area contributed by atoms with Crippen molar-refractivity contribution in [3.05, 3.63) is 48.0 Å². The van der Waals surface area contributed by atoms with Crippen LogP contribution in [-0.2, 0) is 16.4 Å². The Morgan fingerprint density at radius 1 is 1.14 bits per heavy atom. The van der Waals surface area contributed by atoms with Gasteiger partial charge in [-0.15, -0.1) is 0 Å². The maximum absolute atomic E-state index is 12.4. The van der Waals surface area contributed by atoms with Crippen LogP contribution in [0.2, 0.25) is 0 Å². The van der Waals surface area contributed by atoms with Gasteiger partial charge in [0.15, 0.2) is 0 Å². The van der Waals surface area contributed by atoms with Gasteiger partial charge in [0.2, 0.25) is 0 Å². The molecule has 5 nitrogen and oxygen atoms in total. The molecule has 112 valence electrons. The monoisotopic (exact) mass is 306 g/mol. The largest absolute Gasteiger partial charge is 0.495 e. The van der Waals surface area contributed by atoms with Crippen LogP contribution in [0.15, 0.2) is 47.4 Å². The van der Waals surface area contributed by atoms with E-state index in [1.807, 2.05) is 6.92 Å². The van der Waals surface area contributed by atoms with Crippen molar-refractivity contribution in [2.75, 3.05) is 17.6 Å². The number of nitrogens with one attached hydrogen (secondary N) is 1. The Balaban J connectivity index is 2.34. The molecule has 2 aromatic rings. The van der Waals surface area contributed by atoms with Crippen LogP contribution >= 0.6 is 0 Å². The molecule has 0 aliphatic carbocycles. The van der Waals surface area contributed by atoms with E-state index >= 15 is 0 Å². The number of nitrogens with two attached hydrogens (primary N) is 1. The van der Waals surface area contributed by atoms with Crippen LogP contribution in [0.1, 0.15) is 12.5 Å². The normalized spacial score (nSPS) is 11.1. The average molecular weight is 306 g/mol. The minimum absolute atomic E-state index is 0.198. The highest BCUT2D eigenvalue weighted by Gasteiger charge is 2.16. The second-order valence-corrected chi connectivity index (χ2v) is 6.25. The summed E-state index contributed by atoms with van der Waals surface area (Å²) in [5.41, 5.74) is 7.54. The molecule has 0 fully saturated rings. The first-order valence-corrected chi connectivity index (χ1v) is 8.00. The first-order valence-electron chi connectivity index (χ1n) is 6.51. The third kappa shape index (κ3) is 3.46. The number of hydrogen-bond acceptors (Lipinski definition) is 4. The van der Waals surface area contributed by atoms with Gasteiger partial charge in [0.25, 0.3) is 10.0 Å². The van der Waals surface area contributed by atoms with Crippen LogP contribution in [-0.4, -0.2) is 15.5 Å². The van der Waals surface area contributed by atoms with Gasteiger partial charge >= 0.3 is 0 Å². The maximum Gasteiger partial charge on any atom is 0.262 e. The molecule has 0 amide bonds. The van der Waals surface area contributed by atoms with E-state index in [1.165, 1.54) is 13.2 Å². The van der Waals surface area contributed by atoms with Crippen molar-refractivity contribution in [2.45, 2.75) is 18.2 Å². The quantitative estimate of drug-likeness (QED) is 0.832. The first kappa shape index (κ1) is 15.2. The smallest absolute Gasteiger partial charge is 0.262 e. The van der Waals surface area contributed by atoms with Crippen molar-refractivity contribution in [3.63, 3.8) is 0 Å². The topological polar surface area (TPSA) is 81.4 Å². The van der Waals surface area contributed by atoms with Crippen LogP contribution in [0.25, 0.3) is 0 Å². The Bertz CT molecular complexity index is 725. The molecular weight excluding hydrogens is 288 g/mol. The van der Waals surface area contributed by atoms with Crippen LogP contribution in [0.5, 0.6) is 5.75 Å². The number of ether oxygens (including phenoxy) is 1. The molecule has 2 rings (SSSR count). The van der Waals surface area contributed by atoms with Gasteiger partial charge in [-0.2, -0.15) is 0 Å². The number of aryl methyl sites for hydroxylation is 1. The van der Waals surface area contributed by atoms with Gasteiger partial charge in [0.05, 0.1) is 17.7 Å². The highest BCUT2D eigenvalue weighted by atomic mass is 32.2. The van der Waals surface area contributed by atoms with Crippen molar-refractivity contribution in [1.29, 1.82) is 0 Å². The standard InChI is InChI=1S/C15H18N2O3S/c1-3-11-4-7-13(8-5-11)21(18,19)17-14-10-12(16)6-9-15(14)20-2/h4-10,17H,3,16H2,1-2H3. The van der Waals surface area contributed by atoms with Crippen LogP contribution in [0, 0.1) is 0 Å². The summed E-state index contributed by atoms with van der Waals surface area (Å²) in [5, 5.41) is 0. The number of anilines is 2. The van der Waals surface area contributed by atoms with E-state index < -0.39 is 10.0 Å². The molecule has 0 aliphatic rings. The van der Waals surface area contributed by atoms with Gasteiger partial charge in [-0.05, 0) is 42.3 Å². The first-order chi connectivity index (χ1) is 9.96. The third-order valence-corrected chi connectivity index (χ3v) is 4.49. The van der Waals surface area contributed by atoms with Crippen LogP contribution in [0.4, 0.5) is 11.4 Å². The molecule has 0 radical (unpaired) electrons. The minimum atomic E-state index is -3.67. The summed E-state index contributed by atoms with van der Waals surface area (Å²) >= 11 is 0. The summed E-state index contributed by atoms with van der Waals surface area (Å²) in [6.07, 6.45) is 0.858. The molecule has 0 spiro atoms. The molecule has 0 saturated carbocycles. The van der Waals surface area contributed by atoms with Crippen LogP contribution in [0.3, 0.4) is 0 Å². The van der Waals surface area contributed by atoms with Crippen molar-refractivity contribution >= 4 is 21.4 Å². The van der Waals surface area contributed by atoms with E-state index in [2.05, 4.69) is 4.72 Å². The second-order valence-electron chi connectivity index (χ2n) is 4.56. The molecule has 21 heavy (non-hydrogen) atoms. The van der Waals surface area contributed by atoms with Crippen molar-refractivity contribution in [1.82, 2.24) is 0 Å². The van der Waals surface area contributed by atoms with E-state index in [0.29, 0.717) is 17.1 Å². The van der Waals surface area contributed by atoms with Gasteiger partial charge in [-0.3, -0.25) is 4.72 Å². The molecule has 0 bridgehead atoms. The third-order valence-electron chi connectivity index (χ3n) is 3.11. The molecular formula is C15H18N2O3S. The number of benzene rings is 2. The molecule has 0 aromatic heterocycles. The predicted molar refractivity (Wildman–Crippen MR) is 84.0 cm³/mol. The molecule has 0 atom stereocenters. The number of nitrogen functional groups attached to an aromatic ring is 1. The maximum atomic E-state index is 12.4. The summed E-state index contributed by atoms with van der Waals surface area (Å²) in [4.78, 5) is 0.198. The summed E-state index contributed by atoms with van der Waals surface area (Å²) in [7, 11) is -2.20. The number of rotatable bonds is 5. The second kappa shape index (κ2) is 6.05. The molecule has 0 aliphatic heterocycles. The highest BCUT2D eigenvalue weighted by molar-refractivity contribution is 7.92. The SMILES string of the molecule is CCc1ccc(S(=O)(=O)Nc2cc(N)ccc2OC)cc1. The highest BCUT2D eigenvalue weighted by Crippen LogP contribution is 2.28. The zero-order chi connectivity index (χ0) is 15.5. The minimum Gasteiger partial charge on any atom is -0.495 e. The summed E-state index contributed by atoms with van der Waals surface area (Å²) in [6.45, 7) is 2.01. The lowest BCUT2D eigenvalue weighted by atomic mass is 10.2. The number of hydrogen-bond donors (Lipinski definition) is 2. The lowest BCUT2D eigenvalue weighted by molar-refractivity contribution is 0.417. The van der Waals surface area contributed by atoms with Crippen molar-refractivity contribution < 1.29 is 13.2 Å². The molecule has 3 N–H and O–H groups in total. The lowest BCUT2D eigenvalue weighted by Crippen LogP contribution is -2.13. The molecule has 0 heterocycles. The van der Waals surface area contributed by atoms with Gasteiger partial charge in [-0.25, -0.2) is 8.42 Å². The van der Waals surface area contributed by atoms with E-state index in [0.717, 1.165) is 12.0 Å². The Labute approximate surface area is 124 Å². The van der Waals surface area contributed by atoms with E-state index in [4.69, 9.17) is 10.5 Å². The Morgan fingerprint density at radius 2 is 1.81 bits per heavy atom. The summed E-state index contributed by atoms with van der Waals surface area (Å²) in [6, 6.07) is 11.5. The molecule has 0 unspecified atom stereocenters. The van der Waals surface area contributed by atoms with Gasteiger partial charge in [0.1, 0.15) is 5.75 Å². The molecule has 2 aromatic carbocycles. The Morgan fingerprint density at radius 3 is 2.38 bits per heavy atom. The van der Waals surface area contributed by atoms with Crippen LogP contribution < -0.4 is 15.2 Å². The fraction of sp³-hybridized carbons (Fsp3) is 0.200. The van der Waals surface area contributed by atoms with Gasteiger partial charge in [0, 0.05) is 5.69 Å². The van der Waals surface area contributed by atoms with Crippen molar-refractivity contribution in [2.24, 2.45) is 0 Å². The number of sulfonamides is 1. The number of methoxy groups -OCH3 is 1. The van der Waals surface area contributed by atoms with Gasteiger partial charge in [-0.1, -0.05) is 19.1 Å². The molecule has 6 heteroatoms. The Hall–Kier alpha value is -2.21. The summed E-state index contributed by atoms with van der Waals surface area (Å²) < 4.78 is 32.4. The summed E-state index contributed by atoms with van der Waals surface area (Å²) in [5.74, 6) is 0.415. The van der Waals surface area contributed by atoms with E-state index in [1.54, 1.807) is 36.4 Å². The zero-order valence-electron chi connectivity index (χ0n) is 12.0. The fourth-order valence-corrected chi connectivity index (χ4v) is 2.97. The fourth-order valence-electron chi connectivity index (χ4n) is 1.91. The van der Waals surface area contributed by atoms with E-state index in [-0.39, 0.29) is 4.90 Å². The average Bonchev–Trinajstić information content (AvgIpc) is 2.47. The molecule has 0 saturated heterocycles. The Kier molecular flexibility index (Phi) is 4.37. The van der Waals surface area contributed by atoms with E-state index in [9.17, 15) is 8.42 Å². The van der Waals surface area contributed by atoms with Gasteiger partial charge < -0.3 is 10.5 Å². The predicted octanol–water partition coefficient (Wildman–Crippen LogP) is 2.64. The zero-order valence-corrected chi connectivity index (χ0v) is 12.8. The van der Waals surface area contributed by atoms with Crippen molar-refractivity contribution in [3.8, 4) is 5.75 Å².